The molecule has 2 aliphatic rings. The first kappa shape index (κ1) is 21.2. The van der Waals surface area contributed by atoms with Crippen LogP contribution in [0.3, 0.4) is 0 Å². The van der Waals surface area contributed by atoms with Crippen molar-refractivity contribution in [3.8, 4) is 11.4 Å². The molecule has 0 atom stereocenters. The predicted molar refractivity (Wildman–Crippen MR) is 122 cm³/mol. The van der Waals surface area contributed by atoms with E-state index < -0.39 is 10.0 Å². The molecule has 0 N–H and O–H groups in total. The average Bonchev–Trinajstić information content (AvgIpc) is 3.43. The Bertz CT molecular complexity index is 1240. The SMILES string of the molecule is O=S(=O)(c1ccc(Cl)s1)N1CCN(Cn2nc(-c3ccncc3)n(C3CC3)c2=S)CC1. The Morgan fingerprint density at radius 2 is 1.81 bits per heavy atom. The summed E-state index contributed by atoms with van der Waals surface area (Å²) in [4.78, 5) is 6.28. The number of rotatable bonds is 6. The zero-order chi connectivity index (χ0) is 21.6. The zero-order valence-corrected chi connectivity index (χ0v) is 19.8. The predicted octanol–water partition coefficient (Wildman–Crippen LogP) is 3.49. The van der Waals surface area contributed by atoms with Crippen LogP contribution < -0.4 is 0 Å². The second-order valence-electron chi connectivity index (χ2n) is 7.66. The Hall–Kier alpha value is -1.63. The highest BCUT2D eigenvalue weighted by Crippen LogP contribution is 2.38. The number of piperazine rings is 1. The maximum Gasteiger partial charge on any atom is 0.252 e. The van der Waals surface area contributed by atoms with E-state index in [1.807, 2.05) is 16.8 Å². The van der Waals surface area contributed by atoms with Crippen molar-refractivity contribution in [3.05, 3.63) is 45.8 Å². The second kappa shape index (κ2) is 8.38. The highest BCUT2D eigenvalue weighted by atomic mass is 35.5. The molecule has 164 valence electrons. The summed E-state index contributed by atoms with van der Waals surface area (Å²) in [6, 6.07) is 7.48. The maximum absolute atomic E-state index is 12.8. The number of thiophene rings is 1. The van der Waals surface area contributed by atoms with E-state index in [4.69, 9.17) is 28.9 Å². The van der Waals surface area contributed by atoms with Gasteiger partial charge in [0.25, 0.3) is 10.0 Å². The molecule has 2 fully saturated rings. The van der Waals surface area contributed by atoms with Gasteiger partial charge in [-0.1, -0.05) is 11.6 Å². The van der Waals surface area contributed by atoms with Crippen LogP contribution in [0.15, 0.2) is 40.9 Å². The van der Waals surface area contributed by atoms with Gasteiger partial charge in [-0.05, 0) is 49.3 Å². The van der Waals surface area contributed by atoms with E-state index in [0.29, 0.717) is 52.2 Å². The largest absolute Gasteiger partial charge is 0.297 e. The second-order valence-corrected chi connectivity index (χ2v) is 11.9. The van der Waals surface area contributed by atoms with E-state index in [2.05, 4.69) is 14.5 Å². The monoisotopic (exact) mass is 496 g/mol. The molecule has 5 rings (SSSR count). The molecule has 8 nitrogen and oxygen atoms in total. The fourth-order valence-electron chi connectivity index (χ4n) is 3.74. The van der Waals surface area contributed by atoms with Crippen molar-refractivity contribution < 1.29 is 8.42 Å². The topological polar surface area (TPSA) is 76.3 Å². The molecule has 0 radical (unpaired) electrons. The number of hydrogen-bond acceptors (Lipinski definition) is 7. The standard InChI is InChI=1S/C19H21ClN6O2S3/c20-16-3-4-17(30-16)31(27,28)24-11-9-23(10-12-24)13-25-19(29)26(15-1-2-15)18(22-25)14-5-7-21-8-6-14/h3-8,15H,1-2,9-13H2. The van der Waals surface area contributed by atoms with Crippen molar-refractivity contribution in [2.75, 3.05) is 26.2 Å². The van der Waals surface area contributed by atoms with Crippen LogP contribution in [0.1, 0.15) is 18.9 Å². The Balaban J connectivity index is 1.31. The number of hydrogen-bond donors (Lipinski definition) is 0. The first-order chi connectivity index (χ1) is 14.9. The van der Waals surface area contributed by atoms with Crippen LogP contribution in [0.4, 0.5) is 0 Å². The van der Waals surface area contributed by atoms with Crippen LogP contribution in [0.25, 0.3) is 11.4 Å². The summed E-state index contributed by atoms with van der Waals surface area (Å²) >= 11 is 12.8. The summed E-state index contributed by atoms with van der Waals surface area (Å²) in [5.74, 6) is 0.866. The van der Waals surface area contributed by atoms with Crippen LogP contribution in [0.5, 0.6) is 0 Å². The van der Waals surface area contributed by atoms with Gasteiger partial charge >= 0.3 is 0 Å². The average molecular weight is 497 g/mol. The molecular weight excluding hydrogens is 476 g/mol. The molecular formula is C19H21ClN6O2S3. The molecule has 0 aromatic carbocycles. The highest BCUT2D eigenvalue weighted by Gasteiger charge is 2.32. The molecule has 3 aromatic heterocycles. The third kappa shape index (κ3) is 4.22. The molecule has 0 amide bonds. The maximum atomic E-state index is 12.8. The van der Waals surface area contributed by atoms with E-state index in [-0.39, 0.29) is 0 Å². The molecule has 4 heterocycles. The van der Waals surface area contributed by atoms with E-state index in [1.54, 1.807) is 24.5 Å². The Kier molecular flexibility index (Phi) is 5.74. The first-order valence-electron chi connectivity index (χ1n) is 10.0. The van der Waals surface area contributed by atoms with Crippen molar-refractivity contribution in [1.82, 2.24) is 28.5 Å². The fraction of sp³-hybridized carbons (Fsp3) is 0.421. The molecule has 1 saturated carbocycles. The van der Waals surface area contributed by atoms with E-state index in [9.17, 15) is 8.42 Å². The van der Waals surface area contributed by atoms with Crippen LogP contribution in [0, 0.1) is 4.77 Å². The first-order valence-corrected chi connectivity index (χ1v) is 13.1. The molecule has 1 aliphatic heterocycles. The Labute approximate surface area is 194 Å². The fourth-order valence-corrected chi connectivity index (χ4v) is 7.13. The number of pyridine rings is 1. The molecule has 3 aromatic rings. The number of halogens is 1. The van der Waals surface area contributed by atoms with Gasteiger partial charge in [0.1, 0.15) is 4.21 Å². The molecule has 0 unspecified atom stereocenters. The van der Waals surface area contributed by atoms with Gasteiger partial charge in [-0.2, -0.15) is 9.40 Å². The minimum Gasteiger partial charge on any atom is -0.297 e. The number of sulfonamides is 1. The van der Waals surface area contributed by atoms with Crippen molar-refractivity contribution in [1.29, 1.82) is 0 Å². The van der Waals surface area contributed by atoms with Gasteiger partial charge in [-0.3, -0.25) is 14.5 Å². The quantitative estimate of drug-likeness (QED) is 0.486. The van der Waals surface area contributed by atoms with Gasteiger partial charge in [0, 0.05) is 50.2 Å². The smallest absolute Gasteiger partial charge is 0.252 e. The van der Waals surface area contributed by atoms with Gasteiger partial charge < -0.3 is 0 Å². The Morgan fingerprint density at radius 3 is 2.42 bits per heavy atom. The van der Waals surface area contributed by atoms with Gasteiger partial charge in [-0.15, -0.1) is 11.3 Å². The normalized spacial score (nSPS) is 18.5. The summed E-state index contributed by atoms with van der Waals surface area (Å²) in [7, 11) is -3.50. The third-order valence-corrected chi connectivity index (χ3v) is 9.53. The van der Waals surface area contributed by atoms with Crippen LogP contribution in [-0.4, -0.2) is 63.1 Å². The highest BCUT2D eigenvalue weighted by molar-refractivity contribution is 7.91. The summed E-state index contributed by atoms with van der Waals surface area (Å²) in [5, 5.41) is 4.81. The van der Waals surface area contributed by atoms with E-state index in [1.165, 1.54) is 4.31 Å². The lowest BCUT2D eigenvalue weighted by Gasteiger charge is -2.33. The van der Waals surface area contributed by atoms with Crippen molar-refractivity contribution in [2.45, 2.75) is 29.8 Å². The minimum atomic E-state index is -3.50. The molecule has 0 spiro atoms. The van der Waals surface area contributed by atoms with Gasteiger partial charge in [-0.25, -0.2) is 13.1 Å². The molecule has 1 aliphatic carbocycles. The van der Waals surface area contributed by atoms with Crippen LogP contribution >= 0.6 is 35.2 Å². The lowest BCUT2D eigenvalue weighted by Crippen LogP contribution is -2.48. The minimum absolute atomic E-state index is 0.290. The van der Waals surface area contributed by atoms with Crippen LogP contribution in [0.2, 0.25) is 4.34 Å². The molecule has 31 heavy (non-hydrogen) atoms. The molecule has 1 saturated heterocycles. The number of nitrogens with zero attached hydrogens (tertiary/aromatic N) is 6. The summed E-state index contributed by atoms with van der Waals surface area (Å²) < 4.78 is 32.6. The van der Waals surface area contributed by atoms with Crippen molar-refractivity contribution in [3.63, 3.8) is 0 Å². The lowest BCUT2D eigenvalue weighted by molar-refractivity contribution is 0.144. The van der Waals surface area contributed by atoms with Crippen molar-refractivity contribution >= 4 is 45.2 Å². The zero-order valence-electron chi connectivity index (χ0n) is 16.6. The van der Waals surface area contributed by atoms with Crippen molar-refractivity contribution in [2.24, 2.45) is 0 Å². The molecule has 12 heteroatoms. The Morgan fingerprint density at radius 1 is 1.10 bits per heavy atom. The summed E-state index contributed by atoms with van der Waals surface area (Å²) in [6.07, 6.45) is 5.74. The lowest BCUT2D eigenvalue weighted by atomic mass is 10.2. The third-order valence-electron chi connectivity index (χ3n) is 5.53. The van der Waals surface area contributed by atoms with Gasteiger partial charge in [0.15, 0.2) is 10.6 Å². The van der Waals surface area contributed by atoms with Crippen LogP contribution in [-0.2, 0) is 16.7 Å². The van der Waals surface area contributed by atoms with E-state index >= 15 is 0 Å². The molecule has 0 bridgehead atoms. The summed E-state index contributed by atoms with van der Waals surface area (Å²) in [6.45, 7) is 2.61. The van der Waals surface area contributed by atoms with Gasteiger partial charge in [0.05, 0.1) is 11.0 Å². The number of aromatic nitrogens is 4. The van der Waals surface area contributed by atoms with E-state index in [0.717, 1.165) is 35.6 Å². The van der Waals surface area contributed by atoms with Gasteiger partial charge in [0.2, 0.25) is 0 Å². The summed E-state index contributed by atoms with van der Waals surface area (Å²) in [5.41, 5.74) is 0.997.